The van der Waals surface area contributed by atoms with Crippen LogP contribution < -0.4 is 0 Å². The molecule has 2 saturated carbocycles. The van der Waals surface area contributed by atoms with Gasteiger partial charge in [0.1, 0.15) is 0 Å². The predicted molar refractivity (Wildman–Crippen MR) is 112 cm³/mol. The molecule has 0 heterocycles. The highest BCUT2D eigenvalue weighted by Crippen LogP contribution is 2.44. The molecular formula is C22H41I. The Balaban J connectivity index is 1.71. The van der Waals surface area contributed by atoms with Crippen molar-refractivity contribution < 1.29 is 0 Å². The van der Waals surface area contributed by atoms with Gasteiger partial charge in [0.2, 0.25) is 0 Å². The molecule has 0 saturated heterocycles. The van der Waals surface area contributed by atoms with Gasteiger partial charge in [0.25, 0.3) is 0 Å². The molecule has 23 heavy (non-hydrogen) atoms. The van der Waals surface area contributed by atoms with E-state index >= 15 is 0 Å². The number of unbranched alkanes of at least 4 members (excludes halogenated alkanes) is 3. The summed E-state index contributed by atoms with van der Waals surface area (Å²) < 4.78 is 0.984. The molecular weight excluding hydrogens is 391 g/mol. The van der Waals surface area contributed by atoms with E-state index < -0.39 is 0 Å². The van der Waals surface area contributed by atoms with Crippen LogP contribution in [0, 0.1) is 23.7 Å². The Bertz CT molecular complexity index is 284. The number of halogens is 1. The lowest BCUT2D eigenvalue weighted by molar-refractivity contribution is 0.132. The maximum atomic E-state index is 2.68. The number of alkyl halides is 1. The van der Waals surface area contributed by atoms with Crippen molar-refractivity contribution in [1.29, 1.82) is 0 Å². The second-order valence-corrected chi connectivity index (χ2v) is 10.3. The minimum Gasteiger partial charge on any atom is -0.0826 e. The fraction of sp³-hybridized carbons (Fsp3) is 1.00. The van der Waals surface area contributed by atoms with Crippen LogP contribution in [0.2, 0.25) is 0 Å². The van der Waals surface area contributed by atoms with Crippen LogP contribution >= 0.6 is 22.6 Å². The molecule has 1 atom stereocenters. The fourth-order valence-electron chi connectivity index (χ4n) is 5.46. The highest BCUT2D eigenvalue weighted by molar-refractivity contribution is 14.1. The Morgan fingerprint density at radius 3 is 1.87 bits per heavy atom. The number of rotatable bonds is 9. The van der Waals surface area contributed by atoms with Gasteiger partial charge in [-0.1, -0.05) is 81.4 Å². The molecule has 1 unspecified atom stereocenters. The van der Waals surface area contributed by atoms with Gasteiger partial charge in [-0.25, -0.2) is 0 Å². The highest BCUT2D eigenvalue weighted by atomic mass is 127. The van der Waals surface area contributed by atoms with Gasteiger partial charge in [0.15, 0.2) is 0 Å². The molecule has 0 nitrogen and oxygen atoms in total. The molecule has 0 aliphatic heterocycles. The summed E-state index contributed by atoms with van der Waals surface area (Å²) in [5.41, 5.74) is 0. The molecule has 2 aliphatic rings. The summed E-state index contributed by atoms with van der Waals surface area (Å²) in [7, 11) is 0. The van der Waals surface area contributed by atoms with Crippen LogP contribution in [-0.4, -0.2) is 3.92 Å². The van der Waals surface area contributed by atoms with Crippen LogP contribution in [0.3, 0.4) is 0 Å². The Hall–Kier alpha value is 0.730. The maximum Gasteiger partial charge on any atom is 0.0110 e. The summed E-state index contributed by atoms with van der Waals surface area (Å²) in [4.78, 5) is 0. The molecule has 1 heteroatoms. The van der Waals surface area contributed by atoms with Crippen LogP contribution in [0.15, 0.2) is 0 Å². The van der Waals surface area contributed by atoms with Crippen molar-refractivity contribution in [2.24, 2.45) is 23.7 Å². The van der Waals surface area contributed by atoms with Crippen molar-refractivity contribution in [3.05, 3.63) is 0 Å². The number of hydrogen-bond acceptors (Lipinski definition) is 0. The van der Waals surface area contributed by atoms with E-state index in [0.29, 0.717) is 0 Å². The summed E-state index contributed by atoms with van der Waals surface area (Å²) in [6.45, 7) is 4.73. The minimum atomic E-state index is 0.984. The zero-order chi connectivity index (χ0) is 16.5. The van der Waals surface area contributed by atoms with Crippen LogP contribution in [0.1, 0.15) is 110 Å². The topological polar surface area (TPSA) is 0 Å². The van der Waals surface area contributed by atoms with E-state index in [-0.39, 0.29) is 0 Å². The minimum absolute atomic E-state index is 0.984. The third-order valence-electron chi connectivity index (χ3n) is 6.94. The molecule has 0 N–H and O–H groups in total. The summed E-state index contributed by atoms with van der Waals surface area (Å²) in [5, 5.41) is 0. The summed E-state index contributed by atoms with van der Waals surface area (Å²) >= 11 is 2.68. The molecule has 2 aliphatic carbocycles. The monoisotopic (exact) mass is 432 g/mol. The van der Waals surface area contributed by atoms with E-state index in [2.05, 4.69) is 36.4 Å². The first kappa shape index (κ1) is 20.0. The Morgan fingerprint density at radius 2 is 1.30 bits per heavy atom. The van der Waals surface area contributed by atoms with Crippen molar-refractivity contribution in [2.75, 3.05) is 0 Å². The first-order chi connectivity index (χ1) is 11.2. The molecule has 0 amide bonds. The summed E-state index contributed by atoms with van der Waals surface area (Å²) in [5.74, 6) is 4.32. The molecule has 2 fully saturated rings. The van der Waals surface area contributed by atoms with Crippen molar-refractivity contribution in [2.45, 2.75) is 114 Å². The third kappa shape index (κ3) is 6.86. The first-order valence-corrected chi connectivity index (χ1v) is 12.1. The molecule has 0 aromatic carbocycles. The van der Waals surface area contributed by atoms with Crippen LogP contribution in [0.4, 0.5) is 0 Å². The fourth-order valence-corrected chi connectivity index (χ4v) is 6.18. The molecule has 0 aromatic rings. The first-order valence-electron chi connectivity index (χ1n) is 10.9. The normalized spacial score (nSPS) is 33.5. The lowest BCUT2D eigenvalue weighted by Gasteiger charge is -2.39. The quantitative estimate of drug-likeness (QED) is 0.196. The predicted octanol–water partition coefficient (Wildman–Crippen LogP) is 8.17. The zero-order valence-corrected chi connectivity index (χ0v) is 18.0. The highest BCUT2D eigenvalue weighted by Gasteiger charge is 2.32. The standard InChI is InChI=1S/C22H41I/c1-3-5-6-7-9-18(8-4-2)19-10-12-20(13-11-19)21-14-16-22(23)17-15-21/h18-22H,3-17H2,1-2H3. The average molecular weight is 432 g/mol. The molecule has 136 valence electrons. The third-order valence-corrected chi connectivity index (χ3v) is 8.18. The van der Waals surface area contributed by atoms with Gasteiger partial charge >= 0.3 is 0 Å². The molecule has 2 rings (SSSR count). The Kier molecular flexibility index (Phi) is 9.91. The molecule has 0 aromatic heterocycles. The summed E-state index contributed by atoms with van der Waals surface area (Å²) in [6, 6.07) is 0. The van der Waals surface area contributed by atoms with Gasteiger partial charge in [-0.2, -0.15) is 0 Å². The van der Waals surface area contributed by atoms with Crippen LogP contribution in [-0.2, 0) is 0 Å². The van der Waals surface area contributed by atoms with E-state index in [0.717, 1.165) is 27.6 Å². The van der Waals surface area contributed by atoms with Gasteiger partial charge in [-0.3, -0.25) is 0 Å². The molecule has 0 bridgehead atoms. The van der Waals surface area contributed by atoms with Gasteiger partial charge in [0, 0.05) is 3.92 Å². The van der Waals surface area contributed by atoms with Crippen molar-refractivity contribution >= 4 is 22.6 Å². The van der Waals surface area contributed by atoms with E-state index in [4.69, 9.17) is 0 Å². The van der Waals surface area contributed by atoms with Gasteiger partial charge in [-0.05, 0) is 75.0 Å². The lowest BCUT2D eigenvalue weighted by Crippen LogP contribution is -2.28. The Morgan fingerprint density at radius 1 is 0.696 bits per heavy atom. The largest absolute Gasteiger partial charge is 0.0826 e. The zero-order valence-electron chi connectivity index (χ0n) is 15.9. The van der Waals surface area contributed by atoms with E-state index in [1.807, 2.05) is 0 Å². The second-order valence-electron chi connectivity index (χ2n) is 8.59. The lowest BCUT2D eigenvalue weighted by atomic mass is 9.67. The van der Waals surface area contributed by atoms with Crippen molar-refractivity contribution in [3.8, 4) is 0 Å². The van der Waals surface area contributed by atoms with Crippen molar-refractivity contribution in [3.63, 3.8) is 0 Å². The van der Waals surface area contributed by atoms with E-state index in [1.165, 1.54) is 57.8 Å². The molecule has 0 radical (unpaired) electrons. The van der Waals surface area contributed by atoms with Gasteiger partial charge in [0.05, 0.1) is 0 Å². The van der Waals surface area contributed by atoms with Crippen LogP contribution in [0.25, 0.3) is 0 Å². The van der Waals surface area contributed by atoms with E-state index in [9.17, 15) is 0 Å². The summed E-state index contributed by atoms with van der Waals surface area (Å²) in [6.07, 6.45) is 22.6. The van der Waals surface area contributed by atoms with E-state index in [1.54, 1.807) is 38.5 Å². The Labute approximate surface area is 160 Å². The maximum absolute atomic E-state index is 2.68. The second kappa shape index (κ2) is 11.4. The van der Waals surface area contributed by atoms with Crippen molar-refractivity contribution in [1.82, 2.24) is 0 Å². The SMILES string of the molecule is CCCCCCC(CCC)C1CCC(C2CCC(I)CC2)CC1. The van der Waals surface area contributed by atoms with Gasteiger partial charge < -0.3 is 0 Å². The average Bonchev–Trinajstić information content (AvgIpc) is 2.59. The number of hydrogen-bond donors (Lipinski definition) is 0. The molecule has 0 spiro atoms. The van der Waals surface area contributed by atoms with Crippen LogP contribution in [0.5, 0.6) is 0 Å². The van der Waals surface area contributed by atoms with Gasteiger partial charge in [-0.15, -0.1) is 0 Å². The smallest absolute Gasteiger partial charge is 0.0110 e.